The zero-order valence-electron chi connectivity index (χ0n) is 13.9. The first-order chi connectivity index (χ1) is 12.1. The lowest BCUT2D eigenvalue weighted by atomic mass is 9.86. The van der Waals surface area contributed by atoms with E-state index >= 15 is 0 Å². The number of nitrogens with one attached hydrogen (secondary N) is 1. The molecule has 0 spiro atoms. The Hall–Kier alpha value is -3.16. The van der Waals surface area contributed by atoms with Crippen LogP contribution in [0.3, 0.4) is 0 Å². The number of amides is 1. The number of para-hydroxylation sites is 1. The van der Waals surface area contributed by atoms with Gasteiger partial charge >= 0.3 is 0 Å². The minimum atomic E-state index is -0.404. The van der Waals surface area contributed by atoms with Crippen LogP contribution in [0.1, 0.15) is 30.4 Å². The summed E-state index contributed by atoms with van der Waals surface area (Å²) in [6, 6.07) is 7.49. The molecule has 8 nitrogen and oxygen atoms in total. The molecule has 0 radical (unpaired) electrons. The normalized spacial score (nSPS) is 16.6. The van der Waals surface area contributed by atoms with Crippen molar-refractivity contribution in [1.29, 1.82) is 0 Å². The highest BCUT2D eigenvalue weighted by Gasteiger charge is 2.34. The Morgan fingerprint density at radius 2 is 2.12 bits per heavy atom. The average Bonchev–Trinajstić information content (AvgIpc) is 3.10. The summed E-state index contributed by atoms with van der Waals surface area (Å²) < 4.78 is 8.64. The van der Waals surface area contributed by atoms with Gasteiger partial charge in [-0.2, -0.15) is 14.6 Å². The number of carbonyl (C=O) groups is 1. The minimum Gasteiger partial charge on any atom is -0.494 e. The predicted octanol–water partition coefficient (Wildman–Crippen LogP) is 1.30. The summed E-state index contributed by atoms with van der Waals surface area (Å²) in [7, 11) is 1.65. The molecule has 3 aromatic rings. The summed E-state index contributed by atoms with van der Waals surface area (Å²) in [4.78, 5) is 29.4. The molecule has 1 N–H and O–H groups in total. The van der Waals surface area contributed by atoms with Crippen LogP contribution in [-0.4, -0.2) is 31.7 Å². The second-order valence-electron chi connectivity index (χ2n) is 5.87. The van der Waals surface area contributed by atoms with Crippen LogP contribution in [0.5, 0.6) is 5.75 Å². The van der Waals surface area contributed by atoms with E-state index in [1.807, 2.05) is 31.2 Å². The molecule has 4 rings (SSSR count). The van der Waals surface area contributed by atoms with E-state index in [4.69, 9.17) is 4.74 Å². The molecule has 1 aromatic carbocycles. The van der Waals surface area contributed by atoms with Crippen LogP contribution in [0.2, 0.25) is 0 Å². The van der Waals surface area contributed by atoms with Gasteiger partial charge in [-0.25, -0.2) is 0 Å². The lowest BCUT2D eigenvalue weighted by molar-refractivity contribution is -0.116. The molecule has 1 atom stereocenters. The topological polar surface area (TPSA) is 90.5 Å². The van der Waals surface area contributed by atoms with Crippen LogP contribution in [0, 0.1) is 0 Å². The van der Waals surface area contributed by atoms with Crippen LogP contribution in [-0.2, 0) is 11.8 Å². The number of benzene rings is 1. The smallest absolute Gasteiger partial charge is 0.260 e. The first-order valence-corrected chi connectivity index (χ1v) is 8.06. The molecule has 0 saturated heterocycles. The van der Waals surface area contributed by atoms with E-state index in [1.54, 1.807) is 7.05 Å². The number of hydrogen-bond acceptors (Lipinski definition) is 5. The van der Waals surface area contributed by atoms with E-state index < -0.39 is 5.92 Å². The zero-order valence-corrected chi connectivity index (χ0v) is 13.9. The number of hydrogen-bond donors (Lipinski definition) is 1. The minimum absolute atomic E-state index is 0.172. The summed E-state index contributed by atoms with van der Waals surface area (Å²) >= 11 is 0. The molecule has 2 aromatic heterocycles. The Labute approximate surface area is 143 Å². The summed E-state index contributed by atoms with van der Waals surface area (Å²) in [6.45, 7) is 2.40. The third-order valence-electron chi connectivity index (χ3n) is 4.42. The van der Waals surface area contributed by atoms with Crippen molar-refractivity contribution < 1.29 is 9.53 Å². The fourth-order valence-corrected chi connectivity index (χ4v) is 3.33. The lowest BCUT2D eigenvalue weighted by Crippen LogP contribution is -2.35. The van der Waals surface area contributed by atoms with Crippen LogP contribution < -0.4 is 15.6 Å². The van der Waals surface area contributed by atoms with Crippen molar-refractivity contribution in [1.82, 2.24) is 19.2 Å². The number of aryl methyl sites for hydroxylation is 1. The Kier molecular flexibility index (Phi) is 3.52. The maximum absolute atomic E-state index is 13.0. The summed E-state index contributed by atoms with van der Waals surface area (Å²) in [5.74, 6) is 0.856. The number of fused-ring (bicyclic) bond motifs is 3. The van der Waals surface area contributed by atoms with E-state index in [2.05, 4.69) is 15.4 Å². The van der Waals surface area contributed by atoms with Crippen molar-refractivity contribution >= 4 is 17.5 Å². The summed E-state index contributed by atoms with van der Waals surface area (Å²) in [6.07, 6.45) is 1.53. The highest BCUT2D eigenvalue weighted by Crippen LogP contribution is 2.38. The van der Waals surface area contributed by atoms with Crippen molar-refractivity contribution in [2.75, 3.05) is 11.9 Å². The van der Waals surface area contributed by atoms with E-state index in [1.165, 1.54) is 15.4 Å². The van der Waals surface area contributed by atoms with E-state index in [0.717, 1.165) is 5.56 Å². The molecule has 25 heavy (non-hydrogen) atoms. The van der Waals surface area contributed by atoms with Gasteiger partial charge in [0.15, 0.2) is 0 Å². The van der Waals surface area contributed by atoms with Gasteiger partial charge in [0.25, 0.3) is 5.56 Å². The average molecular weight is 339 g/mol. The van der Waals surface area contributed by atoms with Crippen LogP contribution in [0.25, 0.3) is 5.78 Å². The number of anilines is 1. The number of ether oxygens (including phenoxy) is 1. The maximum atomic E-state index is 13.0. The van der Waals surface area contributed by atoms with Gasteiger partial charge in [0.05, 0.1) is 12.2 Å². The van der Waals surface area contributed by atoms with Gasteiger partial charge in [-0.05, 0) is 13.0 Å². The molecule has 1 aliphatic rings. The van der Waals surface area contributed by atoms with E-state index in [-0.39, 0.29) is 17.9 Å². The van der Waals surface area contributed by atoms with Gasteiger partial charge in [-0.15, -0.1) is 0 Å². The summed E-state index contributed by atoms with van der Waals surface area (Å²) in [5.41, 5.74) is 1.11. The monoisotopic (exact) mass is 339 g/mol. The highest BCUT2D eigenvalue weighted by molar-refractivity contribution is 5.94. The molecule has 3 heterocycles. The highest BCUT2D eigenvalue weighted by atomic mass is 16.5. The molecule has 8 heteroatoms. The van der Waals surface area contributed by atoms with Crippen molar-refractivity contribution in [3.63, 3.8) is 0 Å². The fourth-order valence-electron chi connectivity index (χ4n) is 3.33. The van der Waals surface area contributed by atoms with Crippen LogP contribution in [0.4, 0.5) is 5.82 Å². The predicted molar refractivity (Wildman–Crippen MR) is 90.9 cm³/mol. The molecule has 1 amide bonds. The van der Waals surface area contributed by atoms with Crippen LogP contribution in [0.15, 0.2) is 35.4 Å². The zero-order chi connectivity index (χ0) is 17.6. The van der Waals surface area contributed by atoms with Gasteiger partial charge in [-0.3, -0.25) is 14.2 Å². The van der Waals surface area contributed by atoms with E-state index in [0.29, 0.717) is 29.5 Å². The third-order valence-corrected chi connectivity index (χ3v) is 4.42. The molecule has 128 valence electrons. The van der Waals surface area contributed by atoms with Gasteiger partial charge in [0.2, 0.25) is 11.7 Å². The molecular weight excluding hydrogens is 322 g/mol. The lowest BCUT2D eigenvalue weighted by Gasteiger charge is -2.27. The van der Waals surface area contributed by atoms with Crippen molar-refractivity contribution in [3.05, 3.63) is 52.1 Å². The molecule has 0 saturated carbocycles. The molecular formula is C17H17N5O3. The van der Waals surface area contributed by atoms with Crippen LogP contribution >= 0.6 is 0 Å². The van der Waals surface area contributed by atoms with Gasteiger partial charge < -0.3 is 10.1 Å². The molecule has 1 aliphatic heterocycles. The quantitative estimate of drug-likeness (QED) is 0.777. The Morgan fingerprint density at radius 1 is 1.32 bits per heavy atom. The second-order valence-corrected chi connectivity index (χ2v) is 5.87. The van der Waals surface area contributed by atoms with Crippen molar-refractivity contribution in [2.24, 2.45) is 7.05 Å². The maximum Gasteiger partial charge on any atom is 0.260 e. The van der Waals surface area contributed by atoms with Crippen molar-refractivity contribution in [2.45, 2.75) is 19.3 Å². The Bertz CT molecular complexity index is 1040. The van der Waals surface area contributed by atoms with Gasteiger partial charge in [-0.1, -0.05) is 18.2 Å². The third kappa shape index (κ3) is 2.29. The van der Waals surface area contributed by atoms with Gasteiger partial charge in [0, 0.05) is 24.9 Å². The van der Waals surface area contributed by atoms with Crippen molar-refractivity contribution in [3.8, 4) is 5.75 Å². The fraction of sp³-hybridized carbons (Fsp3) is 0.294. The number of rotatable bonds is 3. The first kappa shape index (κ1) is 15.4. The standard InChI is InChI=1S/C17H17N5O3/c1-3-25-12-7-5-4-6-10(12)11-8-13(23)20-15-14(11)16(24)21(2)17-18-9-19-22(15)17/h4-7,9,11H,3,8H2,1-2H3,(H,20,23)/t11-/m1/s1. The Balaban J connectivity index is 2.01. The summed E-state index contributed by atoms with van der Waals surface area (Å²) in [5, 5.41) is 6.93. The largest absolute Gasteiger partial charge is 0.494 e. The number of nitrogens with zero attached hydrogens (tertiary/aromatic N) is 4. The molecule has 0 bridgehead atoms. The van der Waals surface area contributed by atoms with Gasteiger partial charge in [0.1, 0.15) is 17.9 Å². The Morgan fingerprint density at radius 3 is 2.92 bits per heavy atom. The number of aromatic nitrogens is 4. The second kappa shape index (κ2) is 5.73. The first-order valence-electron chi connectivity index (χ1n) is 8.06. The molecule has 0 aliphatic carbocycles. The SMILES string of the molecule is CCOc1ccccc1[C@H]1CC(=O)Nc2c1c(=O)n(C)c1ncnn21. The molecule has 0 unspecified atom stereocenters. The number of carbonyl (C=O) groups excluding carboxylic acids is 1. The molecule has 0 fully saturated rings. The van der Waals surface area contributed by atoms with E-state index in [9.17, 15) is 9.59 Å².